The zero-order chi connectivity index (χ0) is 8.60. The molecule has 0 spiro atoms. The molecule has 0 aromatic carbocycles. The standard InChI is InChI=1S/C7H19O2P/c1-6(2)10(5,8,9)7(3)4/h6-9H,1-5H3. The molecule has 0 amide bonds. The Hall–Kier alpha value is 0.350. The van der Waals surface area contributed by atoms with Gasteiger partial charge < -0.3 is 0 Å². The Labute approximate surface area is 63.4 Å². The molecule has 3 heteroatoms. The molecular weight excluding hydrogens is 147 g/mol. The molecule has 0 rings (SSSR count). The van der Waals surface area contributed by atoms with Gasteiger partial charge in [0.1, 0.15) is 0 Å². The maximum absolute atomic E-state index is 9.82. The van der Waals surface area contributed by atoms with Crippen molar-refractivity contribution in [3.8, 4) is 0 Å². The molecule has 0 saturated heterocycles. The van der Waals surface area contributed by atoms with E-state index in [1.807, 2.05) is 27.7 Å². The first-order valence-corrected chi connectivity index (χ1v) is 6.40. The van der Waals surface area contributed by atoms with Crippen molar-refractivity contribution in [3.63, 3.8) is 0 Å². The summed E-state index contributed by atoms with van der Waals surface area (Å²) in [7, 11) is -3.32. The zero-order valence-corrected chi connectivity index (χ0v) is 8.39. The molecule has 0 fully saturated rings. The van der Waals surface area contributed by atoms with Crippen LogP contribution in [0.15, 0.2) is 0 Å². The molecule has 0 aliphatic carbocycles. The van der Waals surface area contributed by atoms with Crippen molar-refractivity contribution < 1.29 is 9.79 Å². The van der Waals surface area contributed by atoms with Gasteiger partial charge >= 0.3 is 62.5 Å². The van der Waals surface area contributed by atoms with E-state index in [0.717, 1.165) is 0 Å². The summed E-state index contributed by atoms with van der Waals surface area (Å²) in [6.45, 7) is 9.03. The monoisotopic (exact) mass is 166 g/mol. The van der Waals surface area contributed by atoms with E-state index in [4.69, 9.17) is 0 Å². The summed E-state index contributed by atoms with van der Waals surface area (Å²) in [6, 6.07) is 0. The third kappa shape index (κ3) is 1.69. The van der Waals surface area contributed by atoms with E-state index >= 15 is 0 Å². The summed E-state index contributed by atoms with van der Waals surface area (Å²) < 4.78 is 0. The average Bonchev–Trinajstić information content (AvgIpc) is 1.63. The number of rotatable bonds is 2. The summed E-state index contributed by atoms with van der Waals surface area (Å²) in [5.74, 6) is 0. The molecule has 0 aromatic rings. The Balaban J connectivity index is 4.59. The van der Waals surface area contributed by atoms with Crippen LogP contribution in [-0.2, 0) is 0 Å². The van der Waals surface area contributed by atoms with Gasteiger partial charge in [0.2, 0.25) is 0 Å². The van der Waals surface area contributed by atoms with Crippen molar-refractivity contribution in [2.75, 3.05) is 6.66 Å². The van der Waals surface area contributed by atoms with Gasteiger partial charge in [-0.3, -0.25) is 0 Å². The second kappa shape index (κ2) is 2.44. The molecular formula is C7H19O2P. The van der Waals surface area contributed by atoms with Gasteiger partial charge in [0.25, 0.3) is 0 Å². The Morgan fingerprint density at radius 1 is 0.900 bits per heavy atom. The molecule has 0 aromatic heterocycles. The van der Waals surface area contributed by atoms with Crippen LogP contribution in [0.5, 0.6) is 0 Å². The first kappa shape index (κ1) is 10.3. The van der Waals surface area contributed by atoms with Crippen LogP contribution in [0.1, 0.15) is 27.7 Å². The van der Waals surface area contributed by atoms with Crippen LogP contribution >= 0.6 is 7.06 Å². The van der Waals surface area contributed by atoms with Gasteiger partial charge in [-0.2, -0.15) is 0 Å². The third-order valence-corrected chi connectivity index (χ3v) is 7.66. The second-order valence-electron chi connectivity index (χ2n) is 3.80. The van der Waals surface area contributed by atoms with Crippen LogP contribution < -0.4 is 0 Å². The van der Waals surface area contributed by atoms with Gasteiger partial charge in [-0.1, -0.05) is 0 Å². The predicted octanol–water partition coefficient (Wildman–Crippen LogP) is 1.80. The third-order valence-electron chi connectivity index (χ3n) is 2.55. The van der Waals surface area contributed by atoms with Gasteiger partial charge in [0.05, 0.1) is 0 Å². The Kier molecular flexibility index (Phi) is 2.52. The van der Waals surface area contributed by atoms with Crippen molar-refractivity contribution in [1.82, 2.24) is 0 Å². The fourth-order valence-corrected chi connectivity index (χ4v) is 1.79. The molecule has 0 bridgehead atoms. The van der Waals surface area contributed by atoms with Crippen molar-refractivity contribution in [2.45, 2.75) is 39.0 Å². The molecule has 0 heterocycles. The normalized spacial score (nSPS) is 17.5. The number of hydrogen-bond acceptors (Lipinski definition) is 2. The SMILES string of the molecule is CC(C)P(C)(O)(O)C(C)C. The quantitative estimate of drug-likeness (QED) is 0.614. The van der Waals surface area contributed by atoms with E-state index in [1.54, 1.807) is 6.66 Å². The molecule has 0 radical (unpaired) electrons. The molecule has 0 unspecified atom stereocenters. The first-order chi connectivity index (χ1) is 4.17. The Bertz CT molecular complexity index is 109. The minimum absolute atomic E-state index is 0.0222. The second-order valence-corrected chi connectivity index (χ2v) is 9.10. The van der Waals surface area contributed by atoms with Crippen molar-refractivity contribution >= 4 is 7.06 Å². The van der Waals surface area contributed by atoms with Crippen LogP contribution in [0.3, 0.4) is 0 Å². The molecule has 0 aliphatic rings. The molecule has 64 valence electrons. The molecule has 0 aliphatic heterocycles. The summed E-state index contributed by atoms with van der Waals surface area (Å²) in [5.41, 5.74) is -0.0444. The Morgan fingerprint density at radius 2 is 1.10 bits per heavy atom. The minimum atomic E-state index is -3.32. The Morgan fingerprint density at radius 3 is 1.10 bits per heavy atom. The van der Waals surface area contributed by atoms with Crippen molar-refractivity contribution in [3.05, 3.63) is 0 Å². The van der Waals surface area contributed by atoms with Crippen LogP contribution in [0.25, 0.3) is 0 Å². The summed E-state index contributed by atoms with van der Waals surface area (Å²) in [4.78, 5) is 19.6. The van der Waals surface area contributed by atoms with Gasteiger partial charge in [-0.25, -0.2) is 0 Å². The topological polar surface area (TPSA) is 40.5 Å². The van der Waals surface area contributed by atoms with Gasteiger partial charge in [-0.15, -0.1) is 0 Å². The van der Waals surface area contributed by atoms with Crippen LogP contribution in [0, 0.1) is 0 Å². The van der Waals surface area contributed by atoms with E-state index in [9.17, 15) is 9.79 Å². The summed E-state index contributed by atoms with van der Waals surface area (Å²) >= 11 is 0. The van der Waals surface area contributed by atoms with E-state index in [0.29, 0.717) is 0 Å². The van der Waals surface area contributed by atoms with Crippen molar-refractivity contribution in [1.29, 1.82) is 0 Å². The molecule has 2 N–H and O–H groups in total. The fraction of sp³-hybridized carbons (Fsp3) is 1.00. The summed E-state index contributed by atoms with van der Waals surface area (Å²) in [6.07, 6.45) is 0. The average molecular weight is 166 g/mol. The van der Waals surface area contributed by atoms with Crippen LogP contribution in [0.2, 0.25) is 0 Å². The van der Waals surface area contributed by atoms with Gasteiger partial charge in [-0.05, 0) is 0 Å². The molecule has 10 heavy (non-hydrogen) atoms. The van der Waals surface area contributed by atoms with Gasteiger partial charge in [0.15, 0.2) is 0 Å². The number of hydrogen-bond donors (Lipinski definition) is 2. The zero-order valence-electron chi connectivity index (χ0n) is 7.50. The predicted molar refractivity (Wildman–Crippen MR) is 47.6 cm³/mol. The van der Waals surface area contributed by atoms with E-state index in [1.165, 1.54) is 0 Å². The molecule has 2 nitrogen and oxygen atoms in total. The van der Waals surface area contributed by atoms with E-state index in [-0.39, 0.29) is 11.3 Å². The first-order valence-electron chi connectivity index (χ1n) is 3.67. The molecule has 0 saturated carbocycles. The van der Waals surface area contributed by atoms with Crippen molar-refractivity contribution in [2.24, 2.45) is 0 Å². The fourth-order valence-electron chi connectivity index (χ4n) is 0.596. The van der Waals surface area contributed by atoms with E-state index in [2.05, 4.69) is 0 Å². The molecule has 0 atom stereocenters. The van der Waals surface area contributed by atoms with Crippen LogP contribution in [-0.4, -0.2) is 27.8 Å². The van der Waals surface area contributed by atoms with Gasteiger partial charge in [0, 0.05) is 0 Å². The van der Waals surface area contributed by atoms with E-state index < -0.39 is 7.06 Å². The maximum atomic E-state index is 9.82. The summed E-state index contributed by atoms with van der Waals surface area (Å²) in [5, 5.41) is 0. The van der Waals surface area contributed by atoms with Crippen LogP contribution in [0.4, 0.5) is 0 Å².